The molecule has 11 heteroatoms. The third-order valence-electron chi connectivity index (χ3n) is 5.80. The molecule has 2 fully saturated rings. The molecule has 5 rings (SSSR count). The number of aromatic nitrogens is 3. The van der Waals surface area contributed by atoms with Crippen LogP contribution in [0.5, 0.6) is 0 Å². The fourth-order valence-electron chi connectivity index (χ4n) is 4.24. The Kier molecular flexibility index (Phi) is 5.50. The van der Waals surface area contributed by atoms with Crippen molar-refractivity contribution in [3.63, 3.8) is 0 Å². The maximum Gasteiger partial charge on any atom is 0.259 e. The van der Waals surface area contributed by atoms with Gasteiger partial charge in [-0.1, -0.05) is 11.6 Å². The predicted molar refractivity (Wildman–Crippen MR) is 115 cm³/mol. The summed E-state index contributed by atoms with van der Waals surface area (Å²) < 4.78 is 21.2. The molecule has 3 aromatic rings. The van der Waals surface area contributed by atoms with Gasteiger partial charge in [-0.3, -0.25) is 14.5 Å². The zero-order chi connectivity index (χ0) is 22.2. The first-order valence-electron chi connectivity index (χ1n) is 10.2. The van der Waals surface area contributed by atoms with Gasteiger partial charge in [0.25, 0.3) is 5.91 Å². The highest BCUT2D eigenvalue weighted by molar-refractivity contribution is 6.29. The van der Waals surface area contributed by atoms with Crippen LogP contribution in [0.15, 0.2) is 36.8 Å². The van der Waals surface area contributed by atoms with Gasteiger partial charge in [-0.15, -0.1) is 0 Å². The smallest absolute Gasteiger partial charge is 0.259 e. The number of nitrogens with one attached hydrogen (secondary N) is 2. The Bertz CT molecular complexity index is 1190. The van der Waals surface area contributed by atoms with Gasteiger partial charge in [-0.2, -0.15) is 5.10 Å². The monoisotopic (exact) mass is 458 g/mol. The van der Waals surface area contributed by atoms with Crippen molar-refractivity contribution in [1.29, 1.82) is 0 Å². The SMILES string of the molecule is O=C(CN1CC2COCC2C1)Nc1ccc(F)c(NC(=O)c2cnn3cc(Cl)ncc23)c1. The van der Waals surface area contributed by atoms with Crippen LogP contribution in [-0.4, -0.2) is 64.2 Å². The minimum Gasteiger partial charge on any atom is -0.381 e. The molecule has 0 aliphatic carbocycles. The number of rotatable bonds is 5. The Labute approximate surface area is 187 Å². The second-order valence-corrected chi connectivity index (χ2v) is 8.43. The minimum atomic E-state index is -0.624. The summed E-state index contributed by atoms with van der Waals surface area (Å²) in [6, 6.07) is 4.04. The Balaban J connectivity index is 1.25. The lowest BCUT2D eigenvalue weighted by Gasteiger charge is -2.16. The van der Waals surface area contributed by atoms with Gasteiger partial charge in [0.1, 0.15) is 11.0 Å². The Morgan fingerprint density at radius 2 is 1.97 bits per heavy atom. The summed E-state index contributed by atoms with van der Waals surface area (Å²) in [5.41, 5.74) is 0.980. The van der Waals surface area contributed by atoms with E-state index in [9.17, 15) is 14.0 Å². The van der Waals surface area contributed by atoms with Crippen molar-refractivity contribution in [2.75, 3.05) is 43.5 Å². The van der Waals surface area contributed by atoms with Gasteiger partial charge in [0.2, 0.25) is 5.91 Å². The van der Waals surface area contributed by atoms with Gasteiger partial charge in [-0.25, -0.2) is 13.9 Å². The van der Waals surface area contributed by atoms with Gasteiger partial charge in [0.05, 0.1) is 55.1 Å². The lowest BCUT2D eigenvalue weighted by atomic mass is 10.0. The molecule has 1 aromatic carbocycles. The average Bonchev–Trinajstić information content (AvgIpc) is 3.44. The molecule has 2 amide bonds. The van der Waals surface area contributed by atoms with Gasteiger partial charge in [0.15, 0.2) is 0 Å². The number of hydrogen-bond donors (Lipinski definition) is 2. The standard InChI is InChI=1S/C21H20ClFN6O3/c22-19-8-29-18(5-24-19)15(4-25-29)21(31)27-17-3-14(1-2-16(17)23)26-20(30)9-28-6-12-10-32-11-13(12)7-28/h1-5,8,12-13H,6-7,9-11H2,(H,26,30)(H,27,31). The number of amides is 2. The molecule has 2 aliphatic rings. The predicted octanol–water partition coefficient (Wildman–Crippen LogP) is 2.29. The van der Waals surface area contributed by atoms with E-state index >= 15 is 0 Å². The zero-order valence-corrected chi connectivity index (χ0v) is 17.7. The highest BCUT2D eigenvalue weighted by Gasteiger charge is 2.37. The van der Waals surface area contributed by atoms with Crippen molar-refractivity contribution in [3.8, 4) is 0 Å². The number of ether oxygens (including phenoxy) is 1. The van der Waals surface area contributed by atoms with Crippen LogP contribution >= 0.6 is 11.6 Å². The molecule has 166 valence electrons. The minimum absolute atomic E-state index is 0.0538. The highest BCUT2D eigenvalue weighted by Crippen LogP contribution is 2.29. The van der Waals surface area contributed by atoms with E-state index < -0.39 is 11.7 Å². The number of carbonyl (C=O) groups is 2. The summed E-state index contributed by atoms with van der Waals surface area (Å²) in [5.74, 6) is -0.401. The molecule has 2 aliphatic heterocycles. The fourth-order valence-corrected chi connectivity index (χ4v) is 4.38. The van der Waals surface area contributed by atoms with Gasteiger partial charge < -0.3 is 15.4 Å². The van der Waals surface area contributed by atoms with Crippen molar-refractivity contribution in [2.24, 2.45) is 11.8 Å². The van der Waals surface area contributed by atoms with Crippen molar-refractivity contribution < 1.29 is 18.7 Å². The number of carbonyl (C=O) groups excluding carboxylic acids is 2. The van der Waals surface area contributed by atoms with Crippen LogP contribution in [0.4, 0.5) is 15.8 Å². The van der Waals surface area contributed by atoms with Crippen LogP contribution < -0.4 is 10.6 Å². The molecule has 4 heterocycles. The highest BCUT2D eigenvalue weighted by atomic mass is 35.5. The number of hydrogen-bond acceptors (Lipinski definition) is 6. The number of anilines is 2. The normalized spacial score (nSPS) is 20.4. The summed E-state index contributed by atoms with van der Waals surface area (Å²) >= 11 is 5.83. The van der Waals surface area contributed by atoms with Gasteiger partial charge in [0, 0.05) is 30.6 Å². The van der Waals surface area contributed by atoms with Crippen LogP contribution in [0.3, 0.4) is 0 Å². The van der Waals surface area contributed by atoms with Crippen LogP contribution in [0.1, 0.15) is 10.4 Å². The van der Waals surface area contributed by atoms with Crippen LogP contribution in [-0.2, 0) is 9.53 Å². The van der Waals surface area contributed by atoms with Crippen molar-refractivity contribution in [3.05, 3.63) is 53.3 Å². The first-order valence-corrected chi connectivity index (χ1v) is 10.5. The molecule has 2 saturated heterocycles. The molecule has 2 atom stereocenters. The molecule has 0 bridgehead atoms. The number of likely N-dealkylation sites (tertiary alicyclic amines) is 1. The van der Waals surface area contributed by atoms with Gasteiger partial charge in [-0.05, 0) is 18.2 Å². The zero-order valence-electron chi connectivity index (χ0n) is 16.9. The third kappa shape index (κ3) is 4.16. The van der Waals surface area contributed by atoms with E-state index in [0.717, 1.165) is 26.3 Å². The molecule has 9 nitrogen and oxygen atoms in total. The first kappa shape index (κ1) is 20.8. The average molecular weight is 459 g/mol. The van der Waals surface area contributed by atoms with E-state index in [1.54, 1.807) is 0 Å². The topological polar surface area (TPSA) is 101 Å². The summed E-state index contributed by atoms with van der Waals surface area (Å²) in [5, 5.41) is 9.59. The number of halogens is 2. The largest absolute Gasteiger partial charge is 0.381 e. The van der Waals surface area contributed by atoms with Crippen molar-refractivity contribution >= 4 is 40.3 Å². The van der Waals surface area contributed by atoms with Crippen molar-refractivity contribution in [2.45, 2.75) is 0 Å². The Morgan fingerprint density at radius 1 is 1.19 bits per heavy atom. The van der Waals surface area contributed by atoms with Crippen molar-refractivity contribution in [1.82, 2.24) is 19.5 Å². The number of nitrogens with zero attached hydrogens (tertiary/aromatic N) is 4. The molecule has 0 saturated carbocycles. The fraction of sp³-hybridized carbons (Fsp3) is 0.333. The van der Waals surface area contributed by atoms with E-state index in [2.05, 4.69) is 25.6 Å². The maximum atomic E-state index is 14.3. The lowest BCUT2D eigenvalue weighted by Crippen LogP contribution is -2.32. The molecular weight excluding hydrogens is 439 g/mol. The quantitative estimate of drug-likeness (QED) is 0.608. The summed E-state index contributed by atoms with van der Waals surface area (Å²) in [7, 11) is 0. The lowest BCUT2D eigenvalue weighted by molar-refractivity contribution is -0.117. The second-order valence-electron chi connectivity index (χ2n) is 8.05. The number of fused-ring (bicyclic) bond motifs is 2. The van der Waals surface area contributed by atoms with E-state index in [4.69, 9.17) is 16.3 Å². The molecular formula is C21H20ClFN6O3. The van der Waals surface area contributed by atoms with Gasteiger partial charge >= 0.3 is 0 Å². The van der Waals surface area contributed by atoms with Crippen LogP contribution in [0.2, 0.25) is 5.15 Å². The van der Waals surface area contributed by atoms with E-state index in [1.807, 2.05) is 0 Å². The first-order chi connectivity index (χ1) is 15.5. The van der Waals surface area contributed by atoms with E-state index in [-0.39, 0.29) is 28.9 Å². The van der Waals surface area contributed by atoms with E-state index in [0.29, 0.717) is 23.0 Å². The number of benzene rings is 1. The molecule has 2 N–H and O–H groups in total. The van der Waals surface area contributed by atoms with E-state index in [1.165, 1.54) is 41.3 Å². The molecule has 0 radical (unpaired) electrons. The summed E-state index contributed by atoms with van der Waals surface area (Å²) in [6.45, 7) is 3.42. The molecule has 32 heavy (non-hydrogen) atoms. The molecule has 2 aromatic heterocycles. The summed E-state index contributed by atoms with van der Waals surface area (Å²) in [4.78, 5) is 31.2. The Morgan fingerprint density at radius 3 is 2.75 bits per heavy atom. The Hall–Kier alpha value is -3.08. The summed E-state index contributed by atoms with van der Waals surface area (Å²) in [6.07, 6.45) is 4.23. The van der Waals surface area contributed by atoms with Crippen LogP contribution in [0.25, 0.3) is 5.52 Å². The second kappa shape index (κ2) is 8.45. The maximum absolute atomic E-state index is 14.3. The van der Waals surface area contributed by atoms with Crippen LogP contribution in [0, 0.1) is 17.7 Å². The molecule has 0 spiro atoms. The third-order valence-corrected chi connectivity index (χ3v) is 5.99. The molecule has 2 unspecified atom stereocenters.